The van der Waals surface area contributed by atoms with Crippen molar-refractivity contribution >= 4 is 17.7 Å². The first-order valence-electron chi connectivity index (χ1n) is 13.5. The number of nitrogens with zero attached hydrogens (tertiary/aromatic N) is 7. The molecule has 2 unspecified atom stereocenters. The number of rotatable bonds is 6. The van der Waals surface area contributed by atoms with E-state index in [9.17, 15) is 19.2 Å². The number of anilines is 1. The quantitative estimate of drug-likeness (QED) is 0.485. The summed E-state index contributed by atoms with van der Waals surface area (Å²) < 4.78 is 35.7. The van der Waals surface area contributed by atoms with E-state index < -0.39 is 35.6 Å². The minimum Gasteiger partial charge on any atom is -0.442 e. The van der Waals surface area contributed by atoms with Crippen molar-refractivity contribution in [1.82, 2.24) is 30.2 Å². The number of carbonyl (C=O) groups excluding carboxylic acids is 2. The average Bonchev–Trinajstić information content (AvgIpc) is 3.62. The molecule has 1 aromatic carbocycles. The second-order valence-electron chi connectivity index (χ2n) is 11.1. The van der Waals surface area contributed by atoms with Crippen molar-refractivity contribution in [2.24, 2.45) is 11.8 Å². The molecule has 0 bridgehead atoms. The fourth-order valence-electron chi connectivity index (χ4n) is 6.58. The van der Waals surface area contributed by atoms with Gasteiger partial charge in [-0.3, -0.25) is 14.7 Å². The highest BCUT2D eigenvalue weighted by molar-refractivity contribution is 5.90. The molecule has 0 spiro atoms. The number of cyclic esters (lactones) is 1. The van der Waals surface area contributed by atoms with Crippen molar-refractivity contribution in [3.05, 3.63) is 60.4 Å². The molecular formula is C28H26F2N8O3. The highest BCUT2D eigenvalue weighted by atomic mass is 19.1. The number of hydrogen-bond acceptors (Lipinski definition) is 8. The maximum atomic E-state index is 15.2. The summed E-state index contributed by atoms with van der Waals surface area (Å²) in [4.78, 5) is 32.8. The number of benzene rings is 1. The topological polar surface area (TPSA) is 129 Å². The highest BCUT2D eigenvalue weighted by Crippen LogP contribution is 2.62. The van der Waals surface area contributed by atoms with E-state index in [1.807, 2.05) is 0 Å². The number of alkyl halides is 1. The Bertz CT molecular complexity index is 1530. The van der Waals surface area contributed by atoms with Crippen LogP contribution in [0.1, 0.15) is 12.1 Å². The Labute approximate surface area is 233 Å². The van der Waals surface area contributed by atoms with Crippen LogP contribution in [0.2, 0.25) is 0 Å². The van der Waals surface area contributed by atoms with Gasteiger partial charge in [-0.25, -0.2) is 18.3 Å². The maximum Gasteiger partial charge on any atom is 0.414 e. The summed E-state index contributed by atoms with van der Waals surface area (Å²) in [5.74, 6) is -0.712. The van der Waals surface area contributed by atoms with E-state index in [0.717, 1.165) is 0 Å². The van der Waals surface area contributed by atoms with Gasteiger partial charge in [0.15, 0.2) is 0 Å². The van der Waals surface area contributed by atoms with E-state index in [4.69, 9.17) is 4.74 Å². The number of likely N-dealkylation sites (tertiary alicyclic amines) is 1. The van der Waals surface area contributed by atoms with Gasteiger partial charge in [0.2, 0.25) is 5.91 Å². The van der Waals surface area contributed by atoms with Crippen molar-refractivity contribution in [1.29, 1.82) is 5.26 Å². The van der Waals surface area contributed by atoms with E-state index in [1.165, 1.54) is 17.2 Å². The molecule has 11 nitrogen and oxygen atoms in total. The maximum absolute atomic E-state index is 15.2. The highest BCUT2D eigenvalue weighted by Gasteiger charge is 2.71. The van der Waals surface area contributed by atoms with Crippen molar-refractivity contribution in [3.63, 3.8) is 0 Å². The molecule has 1 saturated carbocycles. The summed E-state index contributed by atoms with van der Waals surface area (Å²) in [5, 5.41) is 20.6. The van der Waals surface area contributed by atoms with Crippen molar-refractivity contribution in [2.75, 3.05) is 31.1 Å². The second-order valence-corrected chi connectivity index (χ2v) is 11.1. The summed E-state index contributed by atoms with van der Waals surface area (Å²) in [6.07, 6.45) is 2.93. The average molecular weight is 561 g/mol. The van der Waals surface area contributed by atoms with E-state index in [0.29, 0.717) is 42.1 Å². The molecule has 210 valence electrons. The molecule has 1 aliphatic carbocycles. The lowest BCUT2D eigenvalue weighted by Crippen LogP contribution is -2.44. The monoisotopic (exact) mass is 560 g/mol. The molecule has 4 fully saturated rings. The van der Waals surface area contributed by atoms with Crippen LogP contribution in [0.25, 0.3) is 11.1 Å². The number of halogens is 2. The van der Waals surface area contributed by atoms with Gasteiger partial charge in [-0.05, 0) is 24.3 Å². The SMILES string of the molecule is N#CC1(c2ccc(-c3ccc(N4C[C@H](Cn5ccnn5)OC4=O)cc3F)cn2)C2CN(C(=O)[C@@H]3C[C@H](F)CN3)CC21. The van der Waals surface area contributed by atoms with E-state index >= 15 is 4.39 Å². The molecule has 3 aromatic rings. The Morgan fingerprint density at radius 1 is 1.22 bits per heavy atom. The number of carbonyl (C=O) groups is 2. The summed E-state index contributed by atoms with van der Waals surface area (Å²) in [5.41, 5.74) is 1.04. The molecule has 4 aliphatic rings. The number of nitrogens with one attached hydrogen (secondary N) is 1. The predicted molar refractivity (Wildman–Crippen MR) is 139 cm³/mol. The first-order chi connectivity index (χ1) is 19.9. The minimum absolute atomic E-state index is 0.0398. The summed E-state index contributed by atoms with van der Waals surface area (Å²) in [6, 6.07) is 9.94. The van der Waals surface area contributed by atoms with Crippen LogP contribution in [0.5, 0.6) is 0 Å². The zero-order valence-electron chi connectivity index (χ0n) is 21.9. The lowest BCUT2D eigenvalue weighted by Gasteiger charge is -2.25. The standard InChI is InChI=1S/C28H26F2N8O3/c29-17-7-24(32-10-17)26(39)36-13-21-22(14-36)28(21,15-31)25-4-1-16(9-33-25)20-3-2-18(8-23(20)30)38-12-19(41-27(38)40)11-37-6-5-34-35-37/h1-6,8-9,17,19,21-22,24,32H,7,10-14H2/t17-,19-,21?,22?,24-,28?/m0/s1. The van der Waals surface area contributed by atoms with Crippen LogP contribution in [-0.4, -0.2) is 81.4 Å². The van der Waals surface area contributed by atoms with Crippen molar-refractivity contribution in [3.8, 4) is 17.2 Å². The van der Waals surface area contributed by atoms with Crippen LogP contribution in [0, 0.1) is 29.0 Å². The third kappa shape index (κ3) is 4.21. The van der Waals surface area contributed by atoms with Gasteiger partial charge >= 0.3 is 6.09 Å². The molecule has 0 radical (unpaired) electrons. The number of pyridine rings is 1. The number of amides is 2. The van der Waals surface area contributed by atoms with Crippen LogP contribution in [0.3, 0.4) is 0 Å². The van der Waals surface area contributed by atoms with Gasteiger partial charge in [0.1, 0.15) is 23.5 Å². The zero-order valence-corrected chi connectivity index (χ0v) is 21.9. The van der Waals surface area contributed by atoms with E-state index in [2.05, 4.69) is 26.7 Å². The molecule has 13 heteroatoms. The largest absolute Gasteiger partial charge is 0.442 e. The Hall–Kier alpha value is -4.44. The minimum atomic E-state index is -1.01. The van der Waals surface area contributed by atoms with Gasteiger partial charge in [0, 0.05) is 61.4 Å². The zero-order chi connectivity index (χ0) is 28.3. The van der Waals surface area contributed by atoms with Crippen LogP contribution in [0.15, 0.2) is 48.9 Å². The molecule has 1 N–H and O–H groups in total. The molecule has 2 aromatic heterocycles. The van der Waals surface area contributed by atoms with E-state index in [1.54, 1.807) is 46.2 Å². The lowest BCUT2D eigenvalue weighted by atomic mass is 9.95. The number of piperidine rings is 1. The van der Waals surface area contributed by atoms with Gasteiger partial charge in [-0.2, -0.15) is 5.26 Å². The van der Waals surface area contributed by atoms with Gasteiger partial charge in [0.25, 0.3) is 0 Å². The molecule has 3 saturated heterocycles. The number of fused-ring (bicyclic) bond motifs is 1. The second kappa shape index (κ2) is 9.59. The van der Waals surface area contributed by atoms with Crippen molar-refractivity contribution in [2.45, 2.75) is 36.7 Å². The van der Waals surface area contributed by atoms with Gasteiger partial charge < -0.3 is 15.0 Å². The predicted octanol–water partition coefficient (Wildman–Crippen LogP) is 2.05. The first-order valence-corrected chi connectivity index (χ1v) is 13.5. The Balaban J connectivity index is 1.02. The number of ether oxygens (including phenoxy) is 1. The smallest absolute Gasteiger partial charge is 0.414 e. The van der Waals surface area contributed by atoms with Gasteiger partial charge in [-0.1, -0.05) is 11.3 Å². The normalized spacial score (nSPS) is 30.3. The molecular weight excluding hydrogens is 534 g/mol. The fourth-order valence-corrected chi connectivity index (χ4v) is 6.58. The molecule has 7 rings (SSSR count). The van der Waals surface area contributed by atoms with Crippen molar-refractivity contribution < 1.29 is 23.1 Å². The van der Waals surface area contributed by atoms with Gasteiger partial charge in [0.05, 0.1) is 42.8 Å². The summed E-state index contributed by atoms with van der Waals surface area (Å²) in [7, 11) is 0. The first kappa shape index (κ1) is 25.5. The molecule has 2 amide bonds. The summed E-state index contributed by atoms with van der Waals surface area (Å²) in [6.45, 7) is 1.66. The van der Waals surface area contributed by atoms with Crippen LogP contribution < -0.4 is 10.2 Å². The van der Waals surface area contributed by atoms with Crippen LogP contribution in [-0.2, 0) is 21.5 Å². The third-order valence-corrected chi connectivity index (χ3v) is 8.75. The summed E-state index contributed by atoms with van der Waals surface area (Å²) >= 11 is 0. The third-order valence-electron chi connectivity index (χ3n) is 8.75. The van der Waals surface area contributed by atoms with Crippen LogP contribution >= 0.6 is 0 Å². The van der Waals surface area contributed by atoms with Crippen LogP contribution in [0.4, 0.5) is 19.3 Å². The van der Waals surface area contributed by atoms with E-state index in [-0.39, 0.29) is 37.3 Å². The Morgan fingerprint density at radius 2 is 2.05 bits per heavy atom. The molecule has 41 heavy (non-hydrogen) atoms. The number of aromatic nitrogens is 4. The fraction of sp³-hybridized carbons (Fsp3) is 0.429. The molecule has 3 aliphatic heterocycles. The lowest BCUT2D eigenvalue weighted by molar-refractivity contribution is -0.132. The Kier molecular flexibility index (Phi) is 5.97. The number of hydrogen-bond donors (Lipinski definition) is 1. The van der Waals surface area contributed by atoms with Gasteiger partial charge in [-0.15, -0.1) is 5.10 Å². The molecule has 5 atom stereocenters. The number of nitriles is 1. The molecule has 5 heterocycles. The Morgan fingerprint density at radius 3 is 2.68 bits per heavy atom.